The van der Waals surface area contributed by atoms with Crippen LogP contribution in [-0.4, -0.2) is 23.3 Å². The minimum absolute atomic E-state index is 0.350. The van der Waals surface area contributed by atoms with E-state index in [0.29, 0.717) is 18.3 Å². The monoisotopic (exact) mass is 260 g/mol. The zero-order valence-electron chi connectivity index (χ0n) is 11.0. The standard InChI is InChI=1S/C16H20O3/c17-15-8-4-9-16(19-15)14(7-10-18-16)13(11-15)12-5-2-1-3-6-12/h1-3,5-6,13-14,17H,4,7-11H2/t13-,14-,15-,16+/m0/s1. The van der Waals surface area contributed by atoms with E-state index in [1.807, 2.05) is 6.07 Å². The van der Waals surface area contributed by atoms with Gasteiger partial charge < -0.3 is 14.6 Å². The van der Waals surface area contributed by atoms with Gasteiger partial charge in [-0.25, -0.2) is 0 Å². The Hall–Kier alpha value is -0.900. The first kappa shape index (κ1) is 11.9. The van der Waals surface area contributed by atoms with Gasteiger partial charge >= 0.3 is 0 Å². The average molecular weight is 260 g/mol. The molecule has 3 aliphatic heterocycles. The van der Waals surface area contributed by atoms with Crippen LogP contribution in [0.15, 0.2) is 30.3 Å². The predicted molar refractivity (Wildman–Crippen MR) is 70.5 cm³/mol. The number of hydrogen-bond donors (Lipinski definition) is 1. The predicted octanol–water partition coefficient (Wildman–Crippen LogP) is 2.80. The van der Waals surface area contributed by atoms with Crippen LogP contribution in [0.25, 0.3) is 0 Å². The molecule has 3 saturated heterocycles. The van der Waals surface area contributed by atoms with Crippen LogP contribution in [0.4, 0.5) is 0 Å². The van der Waals surface area contributed by atoms with E-state index in [-0.39, 0.29) is 0 Å². The fourth-order valence-corrected chi connectivity index (χ4v) is 4.27. The summed E-state index contributed by atoms with van der Waals surface area (Å²) >= 11 is 0. The molecule has 102 valence electrons. The molecule has 1 aromatic rings. The molecule has 3 heteroatoms. The van der Waals surface area contributed by atoms with Gasteiger partial charge in [-0.3, -0.25) is 0 Å². The van der Waals surface area contributed by atoms with Gasteiger partial charge in [-0.2, -0.15) is 0 Å². The maximum Gasteiger partial charge on any atom is 0.175 e. The SMILES string of the molecule is O[C@]12CCC[C@@]3(OCC[C@H]3[C@H](c3ccccc3)C1)O2. The molecule has 1 N–H and O–H groups in total. The molecular weight excluding hydrogens is 240 g/mol. The van der Waals surface area contributed by atoms with Crippen LogP contribution in [0.5, 0.6) is 0 Å². The number of ether oxygens (including phenoxy) is 2. The second-order valence-electron chi connectivity index (χ2n) is 6.18. The first-order valence-electron chi connectivity index (χ1n) is 7.32. The second-order valence-corrected chi connectivity index (χ2v) is 6.18. The minimum atomic E-state index is -0.987. The average Bonchev–Trinajstić information content (AvgIpc) is 2.80. The van der Waals surface area contributed by atoms with E-state index < -0.39 is 11.6 Å². The molecule has 4 rings (SSSR count). The van der Waals surface area contributed by atoms with Crippen molar-refractivity contribution in [2.24, 2.45) is 5.92 Å². The Balaban J connectivity index is 1.76. The van der Waals surface area contributed by atoms with Gasteiger partial charge in [0.1, 0.15) is 0 Å². The Labute approximate surface area is 113 Å². The van der Waals surface area contributed by atoms with Crippen molar-refractivity contribution in [2.45, 2.75) is 49.6 Å². The first-order chi connectivity index (χ1) is 9.21. The van der Waals surface area contributed by atoms with Crippen LogP contribution in [0.3, 0.4) is 0 Å². The number of hydrogen-bond acceptors (Lipinski definition) is 3. The second kappa shape index (κ2) is 4.05. The molecule has 3 nitrogen and oxygen atoms in total. The Morgan fingerprint density at radius 3 is 2.84 bits per heavy atom. The van der Waals surface area contributed by atoms with Crippen molar-refractivity contribution >= 4 is 0 Å². The summed E-state index contributed by atoms with van der Waals surface area (Å²) in [5.41, 5.74) is 1.31. The van der Waals surface area contributed by atoms with Crippen LogP contribution in [0.1, 0.15) is 43.6 Å². The maximum absolute atomic E-state index is 10.7. The molecule has 0 radical (unpaired) electrons. The Morgan fingerprint density at radius 2 is 2.00 bits per heavy atom. The zero-order chi connectivity index (χ0) is 12.9. The van der Waals surface area contributed by atoms with Gasteiger partial charge in [-0.15, -0.1) is 0 Å². The van der Waals surface area contributed by atoms with Crippen molar-refractivity contribution in [3.63, 3.8) is 0 Å². The third-order valence-electron chi connectivity index (χ3n) is 5.05. The summed E-state index contributed by atoms with van der Waals surface area (Å²) < 4.78 is 12.0. The molecule has 0 aromatic heterocycles. The smallest absolute Gasteiger partial charge is 0.175 e. The number of rotatable bonds is 1. The van der Waals surface area contributed by atoms with Gasteiger partial charge in [0.25, 0.3) is 0 Å². The van der Waals surface area contributed by atoms with E-state index in [1.54, 1.807) is 0 Å². The quantitative estimate of drug-likeness (QED) is 0.844. The molecule has 2 bridgehead atoms. The fraction of sp³-hybridized carbons (Fsp3) is 0.625. The Kier molecular flexibility index (Phi) is 2.53. The van der Waals surface area contributed by atoms with Crippen LogP contribution in [0.2, 0.25) is 0 Å². The van der Waals surface area contributed by atoms with E-state index in [9.17, 15) is 5.11 Å². The molecule has 0 unspecified atom stereocenters. The highest BCUT2D eigenvalue weighted by atomic mass is 16.8. The highest BCUT2D eigenvalue weighted by Crippen LogP contribution is 2.57. The molecule has 3 aliphatic rings. The van der Waals surface area contributed by atoms with E-state index in [0.717, 1.165) is 32.3 Å². The van der Waals surface area contributed by atoms with Gasteiger partial charge in [0.05, 0.1) is 6.61 Å². The summed E-state index contributed by atoms with van der Waals surface area (Å²) in [6, 6.07) is 10.5. The lowest BCUT2D eigenvalue weighted by Gasteiger charge is -2.53. The van der Waals surface area contributed by atoms with Crippen LogP contribution in [-0.2, 0) is 9.47 Å². The summed E-state index contributed by atoms with van der Waals surface area (Å²) in [7, 11) is 0. The van der Waals surface area contributed by atoms with Crippen LogP contribution in [0, 0.1) is 5.92 Å². The van der Waals surface area contributed by atoms with Crippen molar-refractivity contribution < 1.29 is 14.6 Å². The van der Waals surface area contributed by atoms with Gasteiger partial charge in [-0.1, -0.05) is 30.3 Å². The van der Waals surface area contributed by atoms with Crippen LogP contribution < -0.4 is 0 Å². The lowest BCUT2D eigenvalue weighted by Crippen LogP contribution is -2.58. The highest BCUT2D eigenvalue weighted by Gasteiger charge is 2.60. The molecule has 3 heterocycles. The number of aliphatic hydroxyl groups is 1. The fourth-order valence-electron chi connectivity index (χ4n) is 4.27. The molecule has 1 spiro atoms. The molecule has 0 amide bonds. The Morgan fingerprint density at radius 1 is 1.16 bits per heavy atom. The van der Waals surface area contributed by atoms with E-state index in [4.69, 9.17) is 9.47 Å². The van der Waals surface area contributed by atoms with Gasteiger partial charge in [0.2, 0.25) is 0 Å². The largest absolute Gasteiger partial charge is 0.365 e. The number of benzene rings is 1. The molecule has 4 atom stereocenters. The molecule has 0 aliphatic carbocycles. The van der Waals surface area contributed by atoms with Gasteiger partial charge in [-0.05, 0) is 24.3 Å². The number of fused-ring (bicyclic) bond motifs is 1. The van der Waals surface area contributed by atoms with Gasteiger partial charge in [0, 0.05) is 25.2 Å². The summed E-state index contributed by atoms with van der Waals surface area (Å²) in [6.45, 7) is 0.754. The van der Waals surface area contributed by atoms with E-state index in [2.05, 4.69) is 24.3 Å². The third kappa shape index (κ3) is 1.76. The van der Waals surface area contributed by atoms with Gasteiger partial charge in [0.15, 0.2) is 11.6 Å². The highest BCUT2D eigenvalue weighted by molar-refractivity contribution is 5.23. The first-order valence-corrected chi connectivity index (χ1v) is 7.32. The Bertz CT molecular complexity index is 474. The summed E-state index contributed by atoms with van der Waals surface area (Å²) in [4.78, 5) is 0. The summed E-state index contributed by atoms with van der Waals surface area (Å²) in [5.74, 6) is -0.774. The minimum Gasteiger partial charge on any atom is -0.365 e. The summed E-state index contributed by atoms with van der Waals surface area (Å²) in [6.07, 6.45) is 4.38. The normalized spacial score (nSPS) is 44.9. The topological polar surface area (TPSA) is 38.7 Å². The maximum atomic E-state index is 10.7. The van der Waals surface area contributed by atoms with E-state index >= 15 is 0 Å². The van der Waals surface area contributed by atoms with Crippen molar-refractivity contribution in [1.82, 2.24) is 0 Å². The molecular formula is C16H20O3. The zero-order valence-corrected chi connectivity index (χ0v) is 11.0. The lowest BCUT2D eigenvalue weighted by molar-refractivity contribution is -0.393. The van der Waals surface area contributed by atoms with Crippen molar-refractivity contribution in [1.29, 1.82) is 0 Å². The third-order valence-corrected chi connectivity index (χ3v) is 5.05. The molecule has 3 fully saturated rings. The van der Waals surface area contributed by atoms with Crippen molar-refractivity contribution in [3.8, 4) is 0 Å². The summed E-state index contributed by atoms with van der Waals surface area (Å²) in [5, 5.41) is 10.7. The lowest BCUT2D eigenvalue weighted by atomic mass is 9.69. The molecule has 19 heavy (non-hydrogen) atoms. The van der Waals surface area contributed by atoms with Crippen LogP contribution >= 0.6 is 0 Å². The molecule has 0 saturated carbocycles. The van der Waals surface area contributed by atoms with E-state index in [1.165, 1.54) is 5.56 Å². The van der Waals surface area contributed by atoms with Crippen molar-refractivity contribution in [3.05, 3.63) is 35.9 Å². The molecule has 1 aromatic carbocycles. The van der Waals surface area contributed by atoms with Crippen molar-refractivity contribution in [2.75, 3.05) is 6.61 Å².